The van der Waals surface area contributed by atoms with Crippen LogP contribution < -0.4 is 10.6 Å². The summed E-state index contributed by atoms with van der Waals surface area (Å²) in [4.78, 5) is 22.3. The Balaban J connectivity index is 3.12. The van der Waals surface area contributed by atoms with Crippen molar-refractivity contribution >= 4 is 46.7 Å². The van der Waals surface area contributed by atoms with Gasteiger partial charge in [-0.05, 0) is 0 Å². The van der Waals surface area contributed by atoms with Crippen molar-refractivity contribution in [2.24, 2.45) is 0 Å². The third-order valence-electron chi connectivity index (χ3n) is 1.87. The fraction of sp³-hybridized carbons (Fsp3) is 0.667. The lowest BCUT2D eigenvalue weighted by Crippen LogP contribution is -2.74. The van der Waals surface area contributed by atoms with Gasteiger partial charge in [0.25, 0.3) is 5.91 Å². The summed E-state index contributed by atoms with van der Waals surface area (Å²) in [6.45, 7) is 0. The molecule has 0 saturated carbocycles. The molecule has 3 amide bonds. The summed E-state index contributed by atoms with van der Waals surface area (Å²) < 4.78 is 2.93. The molecule has 1 rings (SSSR count). The SMILES string of the molecule is COC1(CCl)NC(=O)NC(=O)C1(Cl)Cl. The molecule has 1 aliphatic heterocycles. The van der Waals surface area contributed by atoms with Crippen LogP contribution in [0.25, 0.3) is 0 Å². The zero-order valence-corrected chi connectivity index (χ0v) is 9.33. The molecule has 2 N–H and O–H groups in total. The topological polar surface area (TPSA) is 67.4 Å². The Hall–Kier alpha value is -0.230. The standard InChI is InChI=1S/C6H7Cl3N2O3/c1-14-5(2-7)6(8,9)3(12)10-4(13)11-5/h2H2,1H3,(H2,10,11,12,13). The lowest BCUT2D eigenvalue weighted by atomic mass is 10.1. The minimum Gasteiger partial charge on any atom is -0.354 e. The van der Waals surface area contributed by atoms with Gasteiger partial charge in [-0.15, -0.1) is 11.6 Å². The van der Waals surface area contributed by atoms with Crippen LogP contribution in [0.5, 0.6) is 0 Å². The van der Waals surface area contributed by atoms with Gasteiger partial charge in [0.1, 0.15) is 0 Å². The molecule has 80 valence electrons. The van der Waals surface area contributed by atoms with Gasteiger partial charge in [-0.2, -0.15) is 0 Å². The summed E-state index contributed by atoms with van der Waals surface area (Å²) in [6.07, 6.45) is 0. The Labute approximate surface area is 95.0 Å². The Morgan fingerprint density at radius 1 is 1.43 bits per heavy atom. The van der Waals surface area contributed by atoms with Crippen LogP contribution in [0.15, 0.2) is 0 Å². The number of hydrogen-bond acceptors (Lipinski definition) is 3. The number of methoxy groups -OCH3 is 1. The third-order valence-corrected chi connectivity index (χ3v) is 3.20. The smallest absolute Gasteiger partial charge is 0.323 e. The van der Waals surface area contributed by atoms with Crippen molar-refractivity contribution in [2.75, 3.05) is 13.0 Å². The van der Waals surface area contributed by atoms with Gasteiger partial charge >= 0.3 is 6.03 Å². The van der Waals surface area contributed by atoms with E-state index in [0.29, 0.717) is 0 Å². The number of halogens is 3. The lowest BCUT2D eigenvalue weighted by Gasteiger charge is -2.42. The van der Waals surface area contributed by atoms with E-state index in [2.05, 4.69) is 5.32 Å². The fourth-order valence-electron chi connectivity index (χ4n) is 1.01. The Morgan fingerprint density at radius 3 is 2.43 bits per heavy atom. The van der Waals surface area contributed by atoms with E-state index in [4.69, 9.17) is 39.5 Å². The molecule has 0 spiro atoms. The number of rotatable bonds is 2. The number of hydrogen-bond donors (Lipinski definition) is 2. The fourth-order valence-corrected chi connectivity index (χ4v) is 2.00. The molecule has 0 aromatic heterocycles. The second-order valence-electron chi connectivity index (χ2n) is 2.65. The number of imide groups is 1. The predicted molar refractivity (Wildman–Crippen MR) is 51.6 cm³/mol. The molecule has 1 saturated heterocycles. The zero-order chi connectivity index (χ0) is 11.0. The first-order valence-electron chi connectivity index (χ1n) is 3.52. The molecule has 0 radical (unpaired) electrons. The second kappa shape index (κ2) is 3.73. The van der Waals surface area contributed by atoms with Crippen LogP contribution >= 0.6 is 34.8 Å². The van der Waals surface area contributed by atoms with Crippen LogP contribution in [-0.2, 0) is 9.53 Å². The van der Waals surface area contributed by atoms with Crippen LogP contribution in [-0.4, -0.2) is 35.0 Å². The minimum absolute atomic E-state index is 0.254. The Bertz CT molecular complexity index is 277. The van der Waals surface area contributed by atoms with E-state index in [0.717, 1.165) is 0 Å². The number of nitrogens with one attached hydrogen (secondary N) is 2. The summed E-state index contributed by atoms with van der Waals surface area (Å²) in [6, 6.07) is -0.755. The van der Waals surface area contributed by atoms with E-state index in [-0.39, 0.29) is 5.88 Å². The van der Waals surface area contributed by atoms with E-state index in [1.807, 2.05) is 5.32 Å². The molecule has 1 unspecified atom stereocenters. The zero-order valence-electron chi connectivity index (χ0n) is 7.07. The average Bonchev–Trinajstić information content (AvgIpc) is 2.12. The molecule has 8 heteroatoms. The molecule has 1 atom stereocenters. The number of amides is 3. The first-order chi connectivity index (χ1) is 6.39. The summed E-state index contributed by atoms with van der Waals surface area (Å²) in [5.74, 6) is -1.12. The second-order valence-corrected chi connectivity index (χ2v) is 4.24. The van der Waals surface area contributed by atoms with Crippen molar-refractivity contribution in [3.8, 4) is 0 Å². The van der Waals surface area contributed by atoms with Crippen LogP contribution in [0.4, 0.5) is 4.79 Å². The number of urea groups is 1. The maximum absolute atomic E-state index is 11.3. The van der Waals surface area contributed by atoms with Crippen molar-refractivity contribution in [1.29, 1.82) is 0 Å². The van der Waals surface area contributed by atoms with E-state index in [9.17, 15) is 9.59 Å². The molecule has 0 aromatic rings. The molecule has 1 aliphatic rings. The van der Waals surface area contributed by atoms with Gasteiger partial charge in [-0.25, -0.2) is 4.79 Å². The lowest BCUT2D eigenvalue weighted by molar-refractivity contribution is -0.131. The van der Waals surface area contributed by atoms with Gasteiger partial charge in [0.05, 0.1) is 5.88 Å². The number of ether oxygens (including phenoxy) is 1. The van der Waals surface area contributed by atoms with Gasteiger partial charge in [-0.1, -0.05) is 23.2 Å². The molecular formula is C6H7Cl3N2O3. The summed E-state index contributed by atoms with van der Waals surface area (Å²) in [5.41, 5.74) is -1.61. The average molecular weight is 261 g/mol. The molecular weight excluding hydrogens is 254 g/mol. The van der Waals surface area contributed by atoms with Crippen LogP contribution in [0, 0.1) is 0 Å². The molecule has 0 aliphatic carbocycles. The highest BCUT2D eigenvalue weighted by Crippen LogP contribution is 2.37. The highest BCUT2D eigenvalue weighted by molar-refractivity contribution is 6.60. The molecule has 0 bridgehead atoms. The van der Waals surface area contributed by atoms with Crippen molar-refractivity contribution in [3.05, 3.63) is 0 Å². The predicted octanol–water partition coefficient (Wildman–Crippen LogP) is 0.581. The number of carbonyl (C=O) groups excluding carboxylic acids is 2. The first-order valence-corrected chi connectivity index (χ1v) is 4.81. The molecule has 1 heterocycles. The van der Waals surface area contributed by atoms with E-state index < -0.39 is 22.0 Å². The largest absolute Gasteiger partial charge is 0.354 e. The monoisotopic (exact) mass is 260 g/mol. The van der Waals surface area contributed by atoms with Gasteiger partial charge in [0, 0.05) is 7.11 Å². The van der Waals surface area contributed by atoms with Gasteiger partial charge in [-0.3, -0.25) is 10.1 Å². The van der Waals surface area contributed by atoms with Crippen molar-refractivity contribution in [3.63, 3.8) is 0 Å². The molecule has 1 fully saturated rings. The van der Waals surface area contributed by atoms with Gasteiger partial charge < -0.3 is 10.1 Å². The van der Waals surface area contributed by atoms with E-state index in [1.165, 1.54) is 7.11 Å². The van der Waals surface area contributed by atoms with Crippen molar-refractivity contribution in [2.45, 2.75) is 10.1 Å². The molecule has 14 heavy (non-hydrogen) atoms. The highest BCUT2D eigenvalue weighted by atomic mass is 35.5. The number of alkyl halides is 3. The maximum Gasteiger partial charge on any atom is 0.323 e. The highest BCUT2D eigenvalue weighted by Gasteiger charge is 2.59. The third kappa shape index (κ3) is 1.54. The quantitative estimate of drug-likeness (QED) is 0.715. The van der Waals surface area contributed by atoms with E-state index in [1.54, 1.807) is 0 Å². The van der Waals surface area contributed by atoms with Gasteiger partial charge in [0.2, 0.25) is 4.33 Å². The van der Waals surface area contributed by atoms with Crippen molar-refractivity contribution in [1.82, 2.24) is 10.6 Å². The maximum atomic E-state index is 11.3. The van der Waals surface area contributed by atoms with Crippen LogP contribution in [0.1, 0.15) is 0 Å². The van der Waals surface area contributed by atoms with Crippen LogP contribution in [0.2, 0.25) is 0 Å². The first kappa shape index (κ1) is 11.8. The Kier molecular flexibility index (Phi) is 3.16. The molecule has 0 aromatic carbocycles. The summed E-state index contributed by atoms with van der Waals surface area (Å²) in [5, 5.41) is 4.16. The molecule has 5 nitrogen and oxygen atoms in total. The van der Waals surface area contributed by atoms with Crippen molar-refractivity contribution < 1.29 is 14.3 Å². The Morgan fingerprint density at radius 2 is 2.00 bits per heavy atom. The number of carbonyl (C=O) groups is 2. The summed E-state index contributed by atoms with van der Waals surface area (Å²) in [7, 11) is 1.24. The van der Waals surface area contributed by atoms with Crippen LogP contribution in [0.3, 0.4) is 0 Å². The van der Waals surface area contributed by atoms with Gasteiger partial charge in [0.15, 0.2) is 5.72 Å². The van der Waals surface area contributed by atoms with E-state index >= 15 is 0 Å². The minimum atomic E-state index is -1.96. The summed E-state index contributed by atoms with van der Waals surface area (Å²) >= 11 is 17.0. The normalized spacial score (nSPS) is 30.9.